The van der Waals surface area contributed by atoms with Crippen molar-refractivity contribution in [2.45, 2.75) is 50.5 Å². The molecule has 2 heterocycles. The second-order valence-electron chi connectivity index (χ2n) is 7.22. The summed E-state index contributed by atoms with van der Waals surface area (Å²) in [6, 6.07) is 3.85. The van der Waals surface area contributed by atoms with E-state index in [4.69, 9.17) is 20.9 Å². The minimum Gasteiger partial charge on any atom is -0.479 e. The van der Waals surface area contributed by atoms with E-state index in [0.717, 1.165) is 31.6 Å². The fraction of sp³-hybridized carbons (Fsp3) is 0.526. The van der Waals surface area contributed by atoms with Gasteiger partial charge in [-0.05, 0) is 50.8 Å². The van der Waals surface area contributed by atoms with Crippen molar-refractivity contribution in [1.82, 2.24) is 15.0 Å². The van der Waals surface area contributed by atoms with Crippen LogP contribution in [0.25, 0.3) is 0 Å². The van der Waals surface area contributed by atoms with Crippen molar-refractivity contribution in [2.75, 3.05) is 13.1 Å². The van der Waals surface area contributed by atoms with Crippen molar-refractivity contribution in [3.05, 3.63) is 40.8 Å². The summed E-state index contributed by atoms with van der Waals surface area (Å²) in [5.74, 6) is 1.60. The van der Waals surface area contributed by atoms with Crippen molar-refractivity contribution >= 4 is 17.5 Å². The van der Waals surface area contributed by atoms with Gasteiger partial charge in [0, 0.05) is 24.9 Å². The predicted octanol–water partition coefficient (Wildman–Crippen LogP) is 3.91. The number of halogens is 2. The zero-order valence-corrected chi connectivity index (χ0v) is 15.8. The number of amides is 1. The van der Waals surface area contributed by atoms with Crippen LogP contribution in [0.3, 0.4) is 0 Å². The van der Waals surface area contributed by atoms with E-state index in [-0.39, 0.29) is 16.8 Å². The average Bonchev–Trinajstić information content (AvgIpc) is 3.40. The molecule has 2 aliphatic rings. The Balaban J connectivity index is 1.39. The Bertz CT molecular complexity index is 839. The molecule has 2 unspecified atom stereocenters. The Hall–Kier alpha value is -2.15. The second-order valence-corrected chi connectivity index (χ2v) is 7.63. The molecule has 1 saturated carbocycles. The highest BCUT2D eigenvalue weighted by Gasteiger charge is 2.34. The SMILES string of the molecule is CC(Oc1ccc(F)cc1Cl)C(=O)N1CCCC(c2noc(C3CC3)n2)C1. The molecule has 1 aliphatic carbocycles. The molecule has 0 N–H and O–H groups in total. The molecule has 27 heavy (non-hydrogen) atoms. The van der Waals surface area contributed by atoms with Crippen LogP contribution in [0.4, 0.5) is 4.39 Å². The summed E-state index contributed by atoms with van der Waals surface area (Å²) in [5, 5.41) is 4.26. The summed E-state index contributed by atoms with van der Waals surface area (Å²) in [6.07, 6.45) is 3.29. The number of piperidine rings is 1. The van der Waals surface area contributed by atoms with Crippen LogP contribution in [-0.2, 0) is 4.79 Å². The average molecular weight is 394 g/mol. The maximum atomic E-state index is 13.2. The molecular weight excluding hydrogens is 373 g/mol. The third-order valence-electron chi connectivity index (χ3n) is 5.03. The molecule has 1 aliphatic heterocycles. The van der Waals surface area contributed by atoms with Crippen LogP contribution in [0, 0.1) is 5.82 Å². The van der Waals surface area contributed by atoms with E-state index in [1.807, 2.05) is 0 Å². The zero-order chi connectivity index (χ0) is 19.0. The van der Waals surface area contributed by atoms with E-state index in [1.165, 1.54) is 18.2 Å². The molecule has 4 rings (SSSR count). The van der Waals surface area contributed by atoms with E-state index < -0.39 is 11.9 Å². The van der Waals surface area contributed by atoms with Gasteiger partial charge in [0.2, 0.25) is 5.89 Å². The fourth-order valence-corrected chi connectivity index (χ4v) is 3.58. The minimum absolute atomic E-state index is 0.0700. The lowest BCUT2D eigenvalue weighted by Crippen LogP contribution is -2.45. The summed E-state index contributed by atoms with van der Waals surface area (Å²) < 4.78 is 24.2. The van der Waals surface area contributed by atoms with Gasteiger partial charge in [0.1, 0.15) is 11.6 Å². The van der Waals surface area contributed by atoms with Gasteiger partial charge in [-0.3, -0.25) is 4.79 Å². The zero-order valence-electron chi connectivity index (χ0n) is 15.0. The van der Waals surface area contributed by atoms with Crippen molar-refractivity contribution < 1.29 is 18.4 Å². The first kappa shape index (κ1) is 18.2. The highest BCUT2D eigenvalue weighted by atomic mass is 35.5. The smallest absolute Gasteiger partial charge is 0.263 e. The van der Waals surface area contributed by atoms with E-state index >= 15 is 0 Å². The molecule has 1 amide bonds. The molecular formula is C19H21ClFN3O3. The number of likely N-dealkylation sites (tertiary alicyclic amines) is 1. The van der Waals surface area contributed by atoms with E-state index in [2.05, 4.69) is 10.1 Å². The summed E-state index contributed by atoms with van der Waals surface area (Å²) >= 11 is 5.98. The molecule has 0 bridgehead atoms. The van der Waals surface area contributed by atoms with Gasteiger partial charge < -0.3 is 14.2 Å². The Morgan fingerprint density at radius 3 is 2.93 bits per heavy atom. The Morgan fingerprint density at radius 2 is 2.19 bits per heavy atom. The summed E-state index contributed by atoms with van der Waals surface area (Å²) in [6.45, 7) is 2.87. The summed E-state index contributed by atoms with van der Waals surface area (Å²) in [5.41, 5.74) is 0. The van der Waals surface area contributed by atoms with Crippen LogP contribution in [0.5, 0.6) is 5.75 Å². The predicted molar refractivity (Wildman–Crippen MR) is 96.3 cm³/mol. The Morgan fingerprint density at radius 1 is 1.37 bits per heavy atom. The maximum absolute atomic E-state index is 13.2. The van der Waals surface area contributed by atoms with Crippen LogP contribution in [0.1, 0.15) is 56.2 Å². The lowest BCUT2D eigenvalue weighted by molar-refractivity contribution is -0.139. The highest BCUT2D eigenvalue weighted by molar-refractivity contribution is 6.32. The largest absolute Gasteiger partial charge is 0.479 e. The number of aromatic nitrogens is 2. The number of hydrogen-bond donors (Lipinski definition) is 0. The third-order valence-corrected chi connectivity index (χ3v) is 5.32. The molecule has 144 valence electrons. The van der Waals surface area contributed by atoms with Crippen LogP contribution in [0.15, 0.2) is 22.7 Å². The van der Waals surface area contributed by atoms with E-state index in [9.17, 15) is 9.18 Å². The molecule has 1 saturated heterocycles. The van der Waals surface area contributed by atoms with Gasteiger partial charge in [-0.1, -0.05) is 16.8 Å². The first-order valence-corrected chi connectivity index (χ1v) is 9.63. The van der Waals surface area contributed by atoms with E-state index in [0.29, 0.717) is 30.6 Å². The van der Waals surface area contributed by atoms with Crippen molar-refractivity contribution in [3.63, 3.8) is 0 Å². The summed E-state index contributed by atoms with van der Waals surface area (Å²) in [4.78, 5) is 19.1. The van der Waals surface area contributed by atoms with Gasteiger partial charge in [0.25, 0.3) is 5.91 Å². The van der Waals surface area contributed by atoms with E-state index in [1.54, 1.807) is 11.8 Å². The van der Waals surface area contributed by atoms with Crippen LogP contribution in [-0.4, -0.2) is 40.1 Å². The number of carbonyl (C=O) groups is 1. The molecule has 8 heteroatoms. The van der Waals surface area contributed by atoms with Gasteiger partial charge in [0.05, 0.1) is 5.02 Å². The number of carbonyl (C=O) groups excluding carboxylic acids is 1. The second kappa shape index (κ2) is 7.46. The Labute approximate surface area is 161 Å². The van der Waals surface area contributed by atoms with Gasteiger partial charge >= 0.3 is 0 Å². The quantitative estimate of drug-likeness (QED) is 0.770. The molecule has 2 aromatic rings. The maximum Gasteiger partial charge on any atom is 0.263 e. The normalized spacial score (nSPS) is 21.1. The Kier molecular flexibility index (Phi) is 5.04. The number of ether oxygens (including phenoxy) is 1. The number of nitrogens with zero attached hydrogens (tertiary/aromatic N) is 3. The van der Waals surface area contributed by atoms with Gasteiger partial charge in [-0.2, -0.15) is 4.98 Å². The lowest BCUT2D eigenvalue weighted by Gasteiger charge is -2.33. The molecule has 0 spiro atoms. The van der Waals surface area contributed by atoms with Gasteiger partial charge in [0.15, 0.2) is 11.9 Å². The van der Waals surface area contributed by atoms with Crippen molar-refractivity contribution in [3.8, 4) is 5.75 Å². The molecule has 6 nitrogen and oxygen atoms in total. The number of benzene rings is 1. The molecule has 2 atom stereocenters. The minimum atomic E-state index is -0.723. The first-order valence-electron chi connectivity index (χ1n) is 9.25. The molecule has 1 aromatic carbocycles. The van der Waals surface area contributed by atoms with Crippen LogP contribution < -0.4 is 4.74 Å². The van der Waals surface area contributed by atoms with Crippen LogP contribution >= 0.6 is 11.6 Å². The molecule has 0 radical (unpaired) electrons. The molecule has 2 fully saturated rings. The van der Waals surface area contributed by atoms with Crippen molar-refractivity contribution in [2.24, 2.45) is 0 Å². The fourth-order valence-electron chi connectivity index (χ4n) is 3.37. The van der Waals surface area contributed by atoms with Gasteiger partial charge in [-0.15, -0.1) is 0 Å². The van der Waals surface area contributed by atoms with Gasteiger partial charge in [-0.25, -0.2) is 4.39 Å². The first-order chi connectivity index (χ1) is 13.0. The van der Waals surface area contributed by atoms with Crippen molar-refractivity contribution in [1.29, 1.82) is 0 Å². The van der Waals surface area contributed by atoms with Crippen LogP contribution in [0.2, 0.25) is 5.02 Å². The third kappa shape index (κ3) is 4.08. The highest BCUT2D eigenvalue weighted by Crippen LogP contribution is 2.39. The monoisotopic (exact) mass is 393 g/mol. The summed E-state index contributed by atoms with van der Waals surface area (Å²) in [7, 11) is 0. The number of rotatable bonds is 5. The topological polar surface area (TPSA) is 68.5 Å². The number of hydrogen-bond acceptors (Lipinski definition) is 5. The molecule has 1 aromatic heterocycles. The standard InChI is InChI=1S/C19H21ClFN3O3/c1-11(26-16-7-6-14(21)9-15(16)20)19(25)24-8-2-3-13(10-24)17-22-18(27-23-17)12-4-5-12/h6-7,9,11-13H,2-5,8,10H2,1H3. The lowest BCUT2D eigenvalue weighted by atomic mass is 9.97.